The minimum Gasteiger partial charge on any atom is -0.479 e. The largest absolute Gasteiger partial charge is 0.479 e. The van der Waals surface area contributed by atoms with Gasteiger partial charge in [0.1, 0.15) is 5.75 Å². The van der Waals surface area contributed by atoms with E-state index in [2.05, 4.69) is 10.3 Å². The van der Waals surface area contributed by atoms with Gasteiger partial charge in [0.2, 0.25) is 0 Å². The molecule has 1 aromatic carbocycles. The van der Waals surface area contributed by atoms with Gasteiger partial charge < -0.3 is 4.74 Å². The van der Waals surface area contributed by atoms with Gasteiger partial charge in [0.25, 0.3) is 5.91 Å². The second kappa shape index (κ2) is 6.43. The van der Waals surface area contributed by atoms with E-state index in [1.54, 1.807) is 25.1 Å². The van der Waals surface area contributed by atoms with Crippen LogP contribution in [0, 0.1) is 6.92 Å². The van der Waals surface area contributed by atoms with Gasteiger partial charge in [-0.25, -0.2) is 4.98 Å². The summed E-state index contributed by atoms with van der Waals surface area (Å²) in [7, 11) is 0. The van der Waals surface area contributed by atoms with Gasteiger partial charge in [-0.2, -0.15) is 0 Å². The van der Waals surface area contributed by atoms with E-state index in [1.165, 1.54) is 11.3 Å². The molecule has 1 N–H and O–H groups in total. The van der Waals surface area contributed by atoms with Gasteiger partial charge in [-0.05, 0) is 32.0 Å². The van der Waals surface area contributed by atoms with Crippen molar-refractivity contribution in [3.63, 3.8) is 0 Å². The summed E-state index contributed by atoms with van der Waals surface area (Å²) in [5.41, 5.74) is 0.861. The van der Waals surface area contributed by atoms with Crippen molar-refractivity contribution < 1.29 is 9.53 Å². The highest BCUT2D eigenvalue weighted by atomic mass is 35.5. The minimum absolute atomic E-state index is 0.287. The number of aromatic nitrogens is 1. The highest BCUT2D eigenvalue weighted by Crippen LogP contribution is 2.28. The summed E-state index contributed by atoms with van der Waals surface area (Å²) >= 11 is 13.2. The quantitative estimate of drug-likeness (QED) is 0.915. The maximum Gasteiger partial charge on any atom is 0.266 e. The van der Waals surface area contributed by atoms with Crippen LogP contribution < -0.4 is 10.1 Å². The summed E-state index contributed by atoms with van der Waals surface area (Å²) in [6.07, 6.45) is -0.696. The number of hydrogen-bond acceptors (Lipinski definition) is 4. The van der Waals surface area contributed by atoms with E-state index in [-0.39, 0.29) is 5.91 Å². The van der Waals surface area contributed by atoms with Gasteiger partial charge in [-0.3, -0.25) is 10.1 Å². The number of nitrogens with one attached hydrogen (secondary N) is 1. The number of halogens is 2. The molecule has 0 aliphatic rings. The number of carbonyl (C=O) groups excluding carboxylic acids is 1. The predicted octanol–water partition coefficient (Wildman–Crippen LogP) is 4.16. The molecule has 1 heterocycles. The van der Waals surface area contributed by atoms with Crippen LogP contribution in [0.2, 0.25) is 10.0 Å². The van der Waals surface area contributed by atoms with Crippen LogP contribution in [0.4, 0.5) is 5.13 Å². The Hall–Kier alpha value is -1.30. The van der Waals surface area contributed by atoms with E-state index in [0.29, 0.717) is 20.9 Å². The van der Waals surface area contributed by atoms with Gasteiger partial charge in [0.15, 0.2) is 11.2 Å². The molecule has 1 aromatic heterocycles. The Morgan fingerprint density at radius 2 is 2.20 bits per heavy atom. The Labute approximate surface area is 130 Å². The third-order valence-corrected chi connectivity index (χ3v) is 3.82. The molecule has 0 aliphatic heterocycles. The van der Waals surface area contributed by atoms with Crippen LogP contribution in [-0.2, 0) is 4.79 Å². The second-order valence-corrected chi connectivity index (χ2v) is 5.82. The van der Waals surface area contributed by atoms with Crippen molar-refractivity contribution in [3.8, 4) is 5.75 Å². The minimum atomic E-state index is -0.696. The molecular formula is C13H12Cl2N2O2S. The Morgan fingerprint density at radius 1 is 1.45 bits per heavy atom. The average Bonchev–Trinajstić information content (AvgIpc) is 2.78. The maximum atomic E-state index is 12.0. The van der Waals surface area contributed by atoms with E-state index in [1.807, 2.05) is 12.3 Å². The molecule has 0 spiro atoms. The monoisotopic (exact) mass is 330 g/mol. The number of benzene rings is 1. The summed E-state index contributed by atoms with van der Waals surface area (Å²) in [4.78, 5) is 16.1. The van der Waals surface area contributed by atoms with E-state index < -0.39 is 6.10 Å². The third kappa shape index (κ3) is 3.85. The molecular weight excluding hydrogens is 319 g/mol. The van der Waals surface area contributed by atoms with Gasteiger partial charge >= 0.3 is 0 Å². The lowest BCUT2D eigenvalue weighted by molar-refractivity contribution is -0.122. The highest BCUT2D eigenvalue weighted by Gasteiger charge is 2.17. The van der Waals surface area contributed by atoms with E-state index >= 15 is 0 Å². The van der Waals surface area contributed by atoms with Gasteiger partial charge in [-0.15, -0.1) is 11.3 Å². The van der Waals surface area contributed by atoms with Crippen LogP contribution >= 0.6 is 34.5 Å². The fourth-order valence-electron chi connectivity index (χ4n) is 1.43. The van der Waals surface area contributed by atoms with Crippen LogP contribution in [0.25, 0.3) is 0 Å². The lowest BCUT2D eigenvalue weighted by Crippen LogP contribution is -2.30. The molecule has 0 saturated carbocycles. The normalized spacial score (nSPS) is 12.0. The summed E-state index contributed by atoms with van der Waals surface area (Å²) in [6.45, 7) is 3.50. The molecule has 0 bridgehead atoms. The van der Waals surface area contributed by atoms with Crippen LogP contribution in [0.1, 0.15) is 12.6 Å². The maximum absolute atomic E-state index is 12.0. The molecule has 0 saturated heterocycles. The lowest BCUT2D eigenvalue weighted by atomic mass is 10.3. The summed E-state index contributed by atoms with van der Waals surface area (Å²) in [5.74, 6) is 0.124. The van der Waals surface area contributed by atoms with Crippen LogP contribution in [-0.4, -0.2) is 17.0 Å². The molecule has 0 fully saturated rings. The molecule has 0 unspecified atom stereocenters. The van der Waals surface area contributed by atoms with Crippen molar-refractivity contribution in [3.05, 3.63) is 39.3 Å². The highest BCUT2D eigenvalue weighted by molar-refractivity contribution is 7.13. The molecule has 4 nitrogen and oxygen atoms in total. The van der Waals surface area contributed by atoms with Gasteiger partial charge in [-0.1, -0.05) is 23.2 Å². The van der Waals surface area contributed by atoms with Crippen LogP contribution in [0.5, 0.6) is 5.75 Å². The molecule has 106 valence electrons. The van der Waals surface area contributed by atoms with Crippen molar-refractivity contribution >= 4 is 45.6 Å². The summed E-state index contributed by atoms with van der Waals surface area (Å²) in [5, 5.41) is 5.97. The molecule has 1 amide bonds. The second-order valence-electron chi connectivity index (χ2n) is 4.12. The Kier molecular flexibility index (Phi) is 4.86. The smallest absolute Gasteiger partial charge is 0.266 e. The number of thiazole rings is 1. The number of carbonyl (C=O) groups is 1. The first kappa shape index (κ1) is 15.1. The first-order valence-electron chi connectivity index (χ1n) is 5.80. The lowest BCUT2D eigenvalue weighted by Gasteiger charge is -2.14. The first-order valence-corrected chi connectivity index (χ1v) is 7.44. The van der Waals surface area contributed by atoms with E-state index in [4.69, 9.17) is 27.9 Å². The number of aryl methyl sites for hydroxylation is 1. The number of nitrogens with zero attached hydrogens (tertiary/aromatic N) is 1. The average molecular weight is 331 g/mol. The fourth-order valence-corrected chi connectivity index (χ4v) is 2.58. The summed E-state index contributed by atoms with van der Waals surface area (Å²) in [6, 6.07) is 4.84. The third-order valence-electron chi connectivity index (χ3n) is 2.42. The Balaban J connectivity index is 2.00. The zero-order valence-electron chi connectivity index (χ0n) is 10.8. The van der Waals surface area contributed by atoms with E-state index in [0.717, 1.165) is 5.69 Å². The summed E-state index contributed by atoms with van der Waals surface area (Å²) < 4.78 is 5.52. The SMILES string of the molecule is Cc1csc(NC(=O)[C@H](C)Oc2ccc(Cl)cc2Cl)n1. The zero-order valence-corrected chi connectivity index (χ0v) is 13.1. The standard InChI is InChI=1S/C13H12Cl2N2O2S/c1-7-6-20-13(16-7)17-12(18)8(2)19-11-4-3-9(14)5-10(11)15/h3-6,8H,1-2H3,(H,16,17,18)/t8-/m0/s1. The van der Waals surface area contributed by atoms with E-state index in [9.17, 15) is 4.79 Å². The van der Waals surface area contributed by atoms with Crippen molar-refractivity contribution in [2.75, 3.05) is 5.32 Å². The van der Waals surface area contributed by atoms with Gasteiger partial charge in [0, 0.05) is 10.4 Å². The van der Waals surface area contributed by atoms with Crippen LogP contribution in [0.15, 0.2) is 23.6 Å². The molecule has 2 rings (SSSR count). The molecule has 2 aromatic rings. The first-order chi connectivity index (χ1) is 9.45. The van der Waals surface area contributed by atoms with Gasteiger partial charge in [0.05, 0.1) is 10.7 Å². The van der Waals surface area contributed by atoms with Crippen molar-refractivity contribution in [2.45, 2.75) is 20.0 Å². The fraction of sp³-hybridized carbons (Fsp3) is 0.231. The number of ether oxygens (including phenoxy) is 1. The zero-order chi connectivity index (χ0) is 14.7. The molecule has 0 radical (unpaired) electrons. The van der Waals surface area contributed by atoms with Crippen LogP contribution in [0.3, 0.4) is 0 Å². The predicted molar refractivity (Wildman–Crippen MR) is 82.0 cm³/mol. The van der Waals surface area contributed by atoms with Crippen molar-refractivity contribution in [2.24, 2.45) is 0 Å². The molecule has 7 heteroatoms. The van der Waals surface area contributed by atoms with Crippen molar-refractivity contribution in [1.29, 1.82) is 0 Å². The molecule has 1 atom stereocenters. The molecule has 20 heavy (non-hydrogen) atoms. The molecule has 0 aliphatic carbocycles. The van der Waals surface area contributed by atoms with Crippen molar-refractivity contribution in [1.82, 2.24) is 4.98 Å². The number of amides is 1. The Morgan fingerprint density at radius 3 is 2.80 bits per heavy atom. The Bertz CT molecular complexity index is 631. The number of hydrogen-bond donors (Lipinski definition) is 1. The number of anilines is 1. The number of rotatable bonds is 4. The topological polar surface area (TPSA) is 51.2 Å².